The van der Waals surface area contributed by atoms with E-state index >= 15 is 0 Å². The number of anilines is 1. The summed E-state index contributed by atoms with van der Waals surface area (Å²) in [6.07, 6.45) is 1.81. The van der Waals surface area contributed by atoms with Crippen LogP contribution < -0.4 is 15.0 Å². The van der Waals surface area contributed by atoms with Gasteiger partial charge in [-0.15, -0.1) is 0 Å². The lowest BCUT2D eigenvalue weighted by atomic mass is 9.85. The zero-order valence-electron chi connectivity index (χ0n) is 25.0. The molecule has 0 aromatic heterocycles. The van der Waals surface area contributed by atoms with Gasteiger partial charge in [0, 0.05) is 66.7 Å². The number of hydrogen-bond donors (Lipinski definition) is 1. The Bertz CT molecular complexity index is 1010. The van der Waals surface area contributed by atoms with Crippen LogP contribution in [-0.4, -0.2) is 99.4 Å². The molecule has 3 atom stereocenters. The molecule has 2 aliphatic heterocycles. The third kappa shape index (κ3) is 9.64. The van der Waals surface area contributed by atoms with Gasteiger partial charge >= 0.3 is 0 Å². The lowest BCUT2D eigenvalue weighted by Gasteiger charge is -2.39. The van der Waals surface area contributed by atoms with Crippen LogP contribution in [0.5, 0.6) is 5.75 Å². The Morgan fingerprint density at radius 2 is 1.51 bits per heavy atom. The van der Waals surface area contributed by atoms with Crippen molar-refractivity contribution in [1.29, 1.82) is 0 Å². The van der Waals surface area contributed by atoms with Gasteiger partial charge in [0.15, 0.2) is 0 Å². The van der Waals surface area contributed by atoms with Crippen molar-refractivity contribution in [3.63, 3.8) is 0 Å². The van der Waals surface area contributed by atoms with Crippen molar-refractivity contribution in [1.82, 2.24) is 5.32 Å². The van der Waals surface area contributed by atoms with Gasteiger partial charge in [-0.2, -0.15) is 0 Å². The van der Waals surface area contributed by atoms with Gasteiger partial charge in [0.1, 0.15) is 12.4 Å². The van der Waals surface area contributed by atoms with Crippen molar-refractivity contribution < 1.29 is 33.2 Å². The first-order valence-electron chi connectivity index (χ1n) is 14.8. The molecule has 2 aliphatic rings. The van der Waals surface area contributed by atoms with Crippen LogP contribution >= 0.6 is 0 Å². The van der Waals surface area contributed by atoms with E-state index in [1.807, 2.05) is 0 Å². The van der Waals surface area contributed by atoms with Gasteiger partial charge in [-0.3, -0.25) is 0 Å². The fourth-order valence-corrected chi connectivity index (χ4v) is 5.47. The first-order chi connectivity index (χ1) is 20.2. The zero-order valence-corrected chi connectivity index (χ0v) is 25.0. The summed E-state index contributed by atoms with van der Waals surface area (Å²) >= 11 is 0. The highest BCUT2D eigenvalue weighted by Gasteiger charge is 2.36. The normalized spacial score (nSPS) is 20.6. The molecule has 1 saturated heterocycles. The second kappa shape index (κ2) is 17.7. The third-order valence-corrected chi connectivity index (χ3v) is 7.61. The number of methoxy groups -OCH3 is 3. The maximum absolute atomic E-state index is 6.66. The second-order valence-corrected chi connectivity index (χ2v) is 10.6. The van der Waals surface area contributed by atoms with Gasteiger partial charge in [-0.1, -0.05) is 30.3 Å². The smallest absolute Gasteiger partial charge is 0.142 e. The molecule has 9 heteroatoms. The predicted octanol–water partition coefficient (Wildman–Crippen LogP) is 3.78. The third-order valence-electron chi connectivity index (χ3n) is 7.61. The van der Waals surface area contributed by atoms with Gasteiger partial charge < -0.3 is 43.4 Å². The highest BCUT2D eigenvalue weighted by Crippen LogP contribution is 2.34. The molecule has 0 spiro atoms. The summed E-state index contributed by atoms with van der Waals surface area (Å²) in [7, 11) is 5.15. The summed E-state index contributed by atoms with van der Waals surface area (Å²) in [5.74, 6) is 1.04. The molecule has 2 aromatic carbocycles. The fraction of sp³-hybridized carbons (Fsp3) is 0.625. The molecule has 4 rings (SSSR count). The Kier molecular flexibility index (Phi) is 13.6. The molecular formula is C32H48N2O7. The molecule has 2 aromatic rings. The summed E-state index contributed by atoms with van der Waals surface area (Å²) in [6.45, 7) is 8.43. The quantitative estimate of drug-likeness (QED) is 0.269. The lowest BCUT2D eigenvalue weighted by Crippen LogP contribution is -2.50. The number of nitrogens with zero attached hydrogens (tertiary/aromatic N) is 1. The first-order valence-corrected chi connectivity index (χ1v) is 14.8. The highest BCUT2D eigenvalue weighted by atomic mass is 16.5. The van der Waals surface area contributed by atoms with Gasteiger partial charge in [0.2, 0.25) is 0 Å². The number of rotatable bonds is 18. The first kappa shape index (κ1) is 31.7. The Balaban J connectivity index is 1.44. The van der Waals surface area contributed by atoms with E-state index in [1.54, 1.807) is 21.3 Å². The minimum atomic E-state index is -0.0370. The number of fused-ring (bicyclic) bond motifs is 1. The summed E-state index contributed by atoms with van der Waals surface area (Å²) in [6, 6.07) is 15.1. The van der Waals surface area contributed by atoms with Crippen molar-refractivity contribution in [2.45, 2.75) is 44.2 Å². The molecule has 41 heavy (non-hydrogen) atoms. The van der Waals surface area contributed by atoms with Crippen LogP contribution in [0.3, 0.4) is 0 Å². The minimum absolute atomic E-state index is 0.00242. The molecule has 9 nitrogen and oxygen atoms in total. The van der Waals surface area contributed by atoms with Gasteiger partial charge in [0.25, 0.3) is 0 Å². The zero-order chi connectivity index (χ0) is 28.7. The molecule has 0 saturated carbocycles. The lowest BCUT2D eigenvalue weighted by molar-refractivity contribution is -0.0622. The maximum Gasteiger partial charge on any atom is 0.142 e. The van der Waals surface area contributed by atoms with E-state index in [4.69, 9.17) is 33.2 Å². The van der Waals surface area contributed by atoms with Gasteiger partial charge in [-0.05, 0) is 41.7 Å². The SMILES string of the molecule is COCCCO[C@@H]1CNC[C@H](OCc2ccc3c(c2)N(CCCOC)CCO3)[C@H]1c1ccc(COCCOC)cc1. The summed E-state index contributed by atoms with van der Waals surface area (Å²) in [5, 5.41) is 3.55. The van der Waals surface area contributed by atoms with E-state index in [9.17, 15) is 0 Å². The van der Waals surface area contributed by atoms with Crippen molar-refractivity contribution in [3.05, 3.63) is 59.2 Å². The van der Waals surface area contributed by atoms with Gasteiger partial charge in [-0.25, -0.2) is 0 Å². The Morgan fingerprint density at radius 3 is 2.29 bits per heavy atom. The molecule has 228 valence electrons. The molecular weight excluding hydrogens is 524 g/mol. The minimum Gasteiger partial charge on any atom is -0.490 e. The van der Waals surface area contributed by atoms with E-state index in [0.717, 1.165) is 68.2 Å². The van der Waals surface area contributed by atoms with Crippen LogP contribution in [0.1, 0.15) is 35.4 Å². The van der Waals surface area contributed by atoms with Crippen molar-refractivity contribution >= 4 is 5.69 Å². The Hall–Kier alpha value is -2.24. The van der Waals surface area contributed by atoms with Crippen LogP contribution in [0, 0.1) is 0 Å². The van der Waals surface area contributed by atoms with E-state index in [1.165, 1.54) is 5.56 Å². The summed E-state index contributed by atoms with van der Waals surface area (Å²) < 4.78 is 40.3. The van der Waals surface area contributed by atoms with Crippen LogP contribution in [0.15, 0.2) is 42.5 Å². The largest absolute Gasteiger partial charge is 0.490 e. The average molecular weight is 573 g/mol. The number of piperidine rings is 1. The monoisotopic (exact) mass is 572 g/mol. The van der Waals surface area contributed by atoms with E-state index in [2.05, 4.69) is 52.7 Å². The van der Waals surface area contributed by atoms with E-state index in [0.29, 0.717) is 46.2 Å². The number of ether oxygens (including phenoxy) is 7. The maximum atomic E-state index is 6.66. The fourth-order valence-electron chi connectivity index (χ4n) is 5.47. The molecule has 0 aliphatic carbocycles. The van der Waals surface area contributed by atoms with Crippen LogP contribution in [0.4, 0.5) is 5.69 Å². The van der Waals surface area contributed by atoms with Crippen molar-refractivity contribution in [2.75, 3.05) is 92.0 Å². The highest BCUT2D eigenvalue weighted by molar-refractivity contribution is 5.61. The van der Waals surface area contributed by atoms with Crippen LogP contribution in [0.2, 0.25) is 0 Å². The molecule has 0 bridgehead atoms. The summed E-state index contributed by atoms with van der Waals surface area (Å²) in [4.78, 5) is 2.39. The number of benzene rings is 2. The predicted molar refractivity (Wildman–Crippen MR) is 159 cm³/mol. The topological polar surface area (TPSA) is 79.9 Å². The van der Waals surface area contributed by atoms with E-state index in [-0.39, 0.29) is 18.1 Å². The van der Waals surface area contributed by atoms with Crippen LogP contribution in [0.25, 0.3) is 0 Å². The molecule has 1 fully saturated rings. The molecule has 0 unspecified atom stereocenters. The standard InChI is InChI=1S/C32H48N2O7/c1-35-14-4-12-34-13-17-40-29-11-8-26(20-28(29)34)24-41-31-22-33-21-30(39-16-5-15-36-2)32(31)27-9-6-25(7-10-27)23-38-19-18-37-3/h6-11,20,30-33H,4-5,12-19,21-24H2,1-3H3/t30-,31+,32+/m1/s1. The van der Waals surface area contributed by atoms with E-state index < -0.39 is 0 Å². The number of nitrogens with one attached hydrogen (secondary N) is 1. The van der Waals surface area contributed by atoms with Gasteiger partial charge in [0.05, 0.1) is 50.9 Å². The molecule has 0 radical (unpaired) electrons. The average Bonchev–Trinajstić information content (AvgIpc) is 3.01. The Labute approximate surface area is 245 Å². The van der Waals surface area contributed by atoms with Crippen molar-refractivity contribution in [3.8, 4) is 5.75 Å². The number of hydrogen-bond acceptors (Lipinski definition) is 9. The molecule has 1 N–H and O–H groups in total. The molecule has 0 amide bonds. The Morgan fingerprint density at radius 1 is 0.780 bits per heavy atom. The van der Waals surface area contributed by atoms with Crippen molar-refractivity contribution in [2.24, 2.45) is 0 Å². The van der Waals surface area contributed by atoms with Crippen LogP contribution in [-0.2, 0) is 41.6 Å². The summed E-state index contributed by atoms with van der Waals surface area (Å²) in [5.41, 5.74) is 4.63. The molecule has 2 heterocycles. The second-order valence-electron chi connectivity index (χ2n) is 10.6.